The third-order valence-electron chi connectivity index (χ3n) is 3.70. The number of nitrogens with zero attached hydrogens (tertiary/aromatic N) is 1. The van der Waals surface area contributed by atoms with Crippen LogP contribution < -0.4 is 0 Å². The van der Waals surface area contributed by atoms with Crippen LogP contribution in [-0.4, -0.2) is 17.7 Å². The predicted molar refractivity (Wildman–Crippen MR) is 90.8 cm³/mol. The Hall–Kier alpha value is -3.39. The molecule has 0 amide bonds. The second-order valence-electron chi connectivity index (χ2n) is 6.01. The molecule has 0 spiro atoms. The fraction of sp³-hybridized carbons (Fsp3) is 0.150. The zero-order chi connectivity index (χ0) is 18.0. The molecule has 5 heteroatoms. The van der Waals surface area contributed by atoms with E-state index in [1.165, 1.54) is 19.9 Å². The molecule has 3 rings (SSSR count). The number of carbonyl (C=O) groups is 2. The van der Waals surface area contributed by atoms with Crippen molar-refractivity contribution in [3.63, 3.8) is 0 Å². The molecule has 0 aliphatic carbocycles. The van der Waals surface area contributed by atoms with E-state index in [0.717, 1.165) is 11.1 Å². The summed E-state index contributed by atoms with van der Waals surface area (Å²) in [7, 11) is 0. The maximum Gasteiger partial charge on any atom is 0.348 e. The molecule has 0 radical (unpaired) electrons. The molecule has 2 aromatic carbocycles. The van der Waals surface area contributed by atoms with E-state index in [2.05, 4.69) is 6.07 Å². The number of hydrogen-bond donors (Lipinski definition) is 0. The Balaban J connectivity index is 2.03. The fourth-order valence-corrected chi connectivity index (χ4v) is 2.54. The van der Waals surface area contributed by atoms with Crippen molar-refractivity contribution >= 4 is 18.0 Å². The average Bonchev–Trinajstić information content (AvgIpc) is 2.58. The summed E-state index contributed by atoms with van der Waals surface area (Å²) >= 11 is 0. The molecule has 1 saturated heterocycles. The van der Waals surface area contributed by atoms with Gasteiger partial charge in [-0.1, -0.05) is 36.4 Å². The van der Waals surface area contributed by atoms with Crippen LogP contribution in [0.1, 0.15) is 25.0 Å². The van der Waals surface area contributed by atoms with E-state index >= 15 is 0 Å². The van der Waals surface area contributed by atoms with Crippen molar-refractivity contribution < 1.29 is 19.1 Å². The van der Waals surface area contributed by atoms with Crippen molar-refractivity contribution in [1.82, 2.24) is 0 Å². The molecule has 1 heterocycles. The molecule has 1 fully saturated rings. The third kappa shape index (κ3) is 3.43. The summed E-state index contributed by atoms with van der Waals surface area (Å²) in [6, 6.07) is 16.5. The normalized spacial score (nSPS) is 15.8. The van der Waals surface area contributed by atoms with Gasteiger partial charge in [-0.3, -0.25) is 0 Å². The number of nitriles is 1. The first kappa shape index (κ1) is 16.5. The lowest BCUT2D eigenvalue weighted by Gasteiger charge is -2.29. The minimum Gasteiger partial charge on any atom is -0.419 e. The molecular formula is C20H15NO4. The summed E-state index contributed by atoms with van der Waals surface area (Å²) in [5.74, 6) is -2.69. The van der Waals surface area contributed by atoms with Gasteiger partial charge in [0.1, 0.15) is 5.57 Å². The van der Waals surface area contributed by atoms with Gasteiger partial charge in [0.25, 0.3) is 5.79 Å². The Morgan fingerprint density at radius 1 is 0.960 bits per heavy atom. The first-order chi connectivity index (χ1) is 11.9. The summed E-state index contributed by atoms with van der Waals surface area (Å²) in [5.41, 5.74) is 2.77. The highest BCUT2D eigenvalue weighted by Crippen LogP contribution is 2.29. The SMILES string of the molecule is CC1(C)OC(=O)C(=Cc2ccccc2-c2ccc(C#N)cc2)C(=O)O1. The predicted octanol–water partition coefficient (Wildman–Crippen LogP) is 3.44. The summed E-state index contributed by atoms with van der Waals surface area (Å²) in [4.78, 5) is 24.3. The maximum atomic E-state index is 12.1. The lowest BCUT2D eigenvalue weighted by atomic mass is 9.97. The summed E-state index contributed by atoms with van der Waals surface area (Å²) in [5, 5.41) is 8.91. The van der Waals surface area contributed by atoms with E-state index in [0.29, 0.717) is 11.1 Å². The van der Waals surface area contributed by atoms with Crippen molar-refractivity contribution in [3.8, 4) is 17.2 Å². The van der Waals surface area contributed by atoms with E-state index in [1.54, 1.807) is 18.2 Å². The minimum atomic E-state index is -1.27. The molecule has 2 aromatic rings. The van der Waals surface area contributed by atoms with Crippen LogP contribution in [0.3, 0.4) is 0 Å². The van der Waals surface area contributed by atoms with Crippen LogP contribution in [0.4, 0.5) is 0 Å². The second kappa shape index (κ2) is 6.25. The quantitative estimate of drug-likeness (QED) is 0.478. The van der Waals surface area contributed by atoms with E-state index in [-0.39, 0.29) is 5.57 Å². The van der Waals surface area contributed by atoms with Crippen LogP contribution in [-0.2, 0) is 19.1 Å². The van der Waals surface area contributed by atoms with Crippen LogP contribution >= 0.6 is 0 Å². The Labute approximate surface area is 145 Å². The molecule has 124 valence electrons. The number of rotatable bonds is 2. The van der Waals surface area contributed by atoms with E-state index in [4.69, 9.17) is 14.7 Å². The minimum absolute atomic E-state index is 0.152. The first-order valence-electron chi connectivity index (χ1n) is 7.67. The van der Waals surface area contributed by atoms with Crippen molar-refractivity contribution in [1.29, 1.82) is 5.26 Å². The summed E-state index contributed by atoms with van der Waals surface area (Å²) in [6.07, 6.45) is 1.47. The van der Waals surface area contributed by atoms with Crippen LogP contribution in [0.5, 0.6) is 0 Å². The highest BCUT2D eigenvalue weighted by Gasteiger charge is 2.38. The van der Waals surface area contributed by atoms with Gasteiger partial charge in [0.05, 0.1) is 11.6 Å². The monoisotopic (exact) mass is 333 g/mol. The van der Waals surface area contributed by atoms with Crippen molar-refractivity contribution in [2.45, 2.75) is 19.6 Å². The zero-order valence-corrected chi connectivity index (χ0v) is 13.8. The molecule has 1 aliphatic rings. The fourth-order valence-electron chi connectivity index (χ4n) is 2.54. The molecule has 0 atom stereocenters. The van der Waals surface area contributed by atoms with Gasteiger partial charge in [-0.15, -0.1) is 0 Å². The molecule has 0 saturated carbocycles. The lowest BCUT2D eigenvalue weighted by Crippen LogP contribution is -2.41. The molecule has 0 N–H and O–H groups in total. The smallest absolute Gasteiger partial charge is 0.348 e. The highest BCUT2D eigenvalue weighted by molar-refractivity contribution is 6.19. The lowest BCUT2D eigenvalue weighted by molar-refractivity contribution is -0.222. The number of ether oxygens (including phenoxy) is 2. The number of esters is 2. The van der Waals surface area contributed by atoms with Gasteiger partial charge in [-0.05, 0) is 34.9 Å². The Kier molecular flexibility index (Phi) is 4.12. The van der Waals surface area contributed by atoms with Gasteiger partial charge in [0.2, 0.25) is 0 Å². The Bertz CT molecular complexity index is 895. The average molecular weight is 333 g/mol. The standard InChI is InChI=1S/C20H15NO4/c1-20(2)24-18(22)17(19(23)25-20)11-15-5-3-4-6-16(15)14-9-7-13(12-21)8-10-14/h3-11H,1-2H3. The molecule has 5 nitrogen and oxygen atoms in total. The first-order valence-corrected chi connectivity index (χ1v) is 7.67. The summed E-state index contributed by atoms with van der Waals surface area (Å²) < 4.78 is 10.2. The third-order valence-corrected chi connectivity index (χ3v) is 3.70. The van der Waals surface area contributed by atoms with Gasteiger partial charge in [-0.2, -0.15) is 5.26 Å². The highest BCUT2D eigenvalue weighted by atomic mass is 16.7. The number of hydrogen-bond acceptors (Lipinski definition) is 5. The van der Waals surface area contributed by atoms with Crippen LogP contribution in [0.25, 0.3) is 17.2 Å². The Morgan fingerprint density at radius 3 is 2.16 bits per heavy atom. The van der Waals surface area contributed by atoms with Crippen LogP contribution in [0, 0.1) is 11.3 Å². The van der Waals surface area contributed by atoms with Crippen molar-refractivity contribution in [2.75, 3.05) is 0 Å². The van der Waals surface area contributed by atoms with Gasteiger partial charge < -0.3 is 9.47 Å². The van der Waals surface area contributed by atoms with Gasteiger partial charge >= 0.3 is 11.9 Å². The van der Waals surface area contributed by atoms with Crippen LogP contribution in [0.15, 0.2) is 54.1 Å². The largest absolute Gasteiger partial charge is 0.419 e. The zero-order valence-electron chi connectivity index (χ0n) is 13.8. The molecule has 25 heavy (non-hydrogen) atoms. The van der Waals surface area contributed by atoms with E-state index < -0.39 is 17.7 Å². The maximum absolute atomic E-state index is 12.1. The van der Waals surface area contributed by atoms with Crippen molar-refractivity contribution in [3.05, 3.63) is 65.2 Å². The van der Waals surface area contributed by atoms with Gasteiger partial charge in [-0.25, -0.2) is 9.59 Å². The van der Waals surface area contributed by atoms with E-state index in [9.17, 15) is 9.59 Å². The molecule has 1 aliphatic heterocycles. The summed E-state index contributed by atoms with van der Waals surface area (Å²) in [6.45, 7) is 3.01. The number of cyclic esters (lactones) is 2. The Morgan fingerprint density at radius 2 is 1.56 bits per heavy atom. The molecule has 0 bridgehead atoms. The molecule has 0 unspecified atom stereocenters. The second-order valence-corrected chi connectivity index (χ2v) is 6.01. The van der Waals surface area contributed by atoms with E-state index in [1.807, 2.05) is 30.3 Å². The van der Waals surface area contributed by atoms with Gasteiger partial charge in [0.15, 0.2) is 0 Å². The molecule has 0 aromatic heterocycles. The number of carbonyl (C=O) groups excluding carboxylic acids is 2. The van der Waals surface area contributed by atoms with Crippen LogP contribution in [0.2, 0.25) is 0 Å². The topological polar surface area (TPSA) is 76.4 Å². The van der Waals surface area contributed by atoms with Gasteiger partial charge in [0, 0.05) is 13.8 Å². The molecular weight excluding hydrogens is 318 g/mol. The van der Waals surface area contributed by atoms with Crippen molar-refractivity contribution in [2.24, 2.45) is 0 Å². The number of benzene rings is 2.